The fourth-order valence-corrected chi connectivity index (χ4v) is 4.13. The molecule has 0 saturated carbocycles. The van der Waals surface area contributed by atoms with Crippen molar-refractivity contribution in [1.82, 2.24) is 9.71 Å². The lowest BCUT2D eigenvalue weighted by Crippen LogP contribution is -2.26. The fraction of sp³-hybridized carbons (Fsp3) is 0.250. The van der Waals surface area contributed by atoms with Crippen LogP contribution >= 0.6 is 34.5 Å². The molecule has 0 unspecified atom stereocenters. The normalized spacial score (nSPS) is 11.8. The van der Waals surface area contributed by atoms with E-state index in [0.717, 1.165) is 5.69 Å². The van der Waals surface area contributed by atoms with Gasteiger partial charge in [-0.25, -0.2) is 18.1 Å². The van der Waals surface area contributed by atoms with Gasteiger partial charge >= 0.3 is 0 Å². The molecule has 114 valence electrons. The van der Waals surface area contributed by atoms with Crippen LogP contribution in [0.25, 0.3) is 0 Å². The molecule has 1 aromatic heterocycles. The van der Waals surface area contributed by atoms with Gasteiger partial charge in [0.1, 0.15) is 4.90 Å². The number of halogens is 2. The molecular weight excluding hydrogens is 355 g/mol. The molecule has 0 aliphatic rings. The van der Waals surface area contributed by atoms with Gasteiger partial charge in [0.15, 0.2) is 0 Å². The highest BCUT2D eigenvalue weighted by Gasteiger charge is 2.19. The molecule has 0 radical (unpaired) electrons. The molecule has 0 spiro atoms. The van der Waals surface area contributed by atoms with Crippen molar-refractivity contribution < 1.29 is 13.5 Å². The highest BCUT2D eigenvalue weighted by atomic mass is 35.5. The number of benzene rings is 1. The van der Waals surface area contributed by atoms with Crippen molar-refractivity contribution in [3.05, 3.63) is 44.3 Å². The number of hydrogen-bond donors (Lipinski definition) is 2. The van der Waals surface area contributed by atoms with E-state index in [1.54, 1.807) is 5.51 Å². The van der Waals surface area contributed by atoms with E-state index in [0.29, 0.717) is 12.0 Å². The summed E-state index contributed by atoms with van der Waals surface area (Å²) in [5.41, 5.74) is 2.81. The van der Waals surface area contributed by atoms with Crippen molar-refractivity contribution in [1.29, 1.82) is 0 Å². The van der Waals surface area contributed by atoms with Crippen LogP contribution in [0.2, 0.25) is 10.0 Å². The summed E-state index contributed by atoms with van der Waals surface area (Å²) >= 11 is 13.2. The highest BCUT2D eigenvalue weighted by Crippen LogP contribution is 2.28. The molecule has 1 aromatic carbocycles. The van der Waals surface area contributed by atoms with Crippen LogP contribution in [0.1, 0.15) is 11.3 Å². The van der Waals surface area contributed by atoms with Crippen LogP contribution in [0.4, 0.5) is 0 Å². The summed E-state index contributed by atoms with van der Waals surface area (Å²) in [5.74, 6) is 0. The number of rotatable bonds is 6. The van der Waals surface area contributed by atoms with Crippen LogP contribution in [0.5, 0.6) is 0 Å². The molecule has 2 aromatic rings. The summed E-state index contributed by atoms with van der Waals surface area (Å²) < 4.78 is 26.9. The van der Waals surface area contributed by atoms with Gasteiger partial charge in [0.25, 0.3) is 0 Å². The van der Waals surface area contributed by atoms with E-state index in [1.165, 1.54) is 23.5 Å². The van der Waals surface area contributed by atoms with Gasteiger partial charge in [-0.3, -0.25) is 0 Å². The summed E-state index contributed by atoms with van der Waals surface area (Å²) in [7, 11) is -3.77. The van der Waals surface area contributed by atoms with Gasteiger partial charge in [0, 0.05) is 23.4 Å². The molecule has 21 heavy (non-hydrogen) atoms. The molecule has 0 aliphatic heterocycles. The van der Waals surface area contributed by atoms with E-state index in [-0.39, 0.29) is 28.1 Å². The van der Waals surface area contributed by atoms with Crippen LogP contribution < -0.4 is 4.72 Å². The summed E-state index contributed by atoms with van der Waals surface area (Å²) in [6.45, 7) is -0.156. The monoisotopic (exact) mass is 366 g/mol. The number of sulfonamides is 1. The molecule has 0 bridgehead atoms. The molecule has 0 saturated heterocycles. The van der Waals surface area contributed by atoms with Crippen LogP contribution in [0.15, 0.2) is 27.9 Å². The summed E-state index contributed by atoms with van der Waals surface area (Å²) in [6, 6.07) is 2.58. The second-order valence-electron chi connectivity index (χ2n) is 4.16. The minimum absolute atomic E-state index is 0.0124. The lowest BCUT2D eigenvalue weighted by atomic mass is 10.2. The zero-order valence-corrected chi connectivity index (χ0v) is 13.9. The topological polar surface area (TPSA) is 79.3 Å². The standard InChI is InChI=1S/C12H12Cl2N2O3S2/c13-10-4-11(14)12(3-8(10)5-17)21(18,19)16-2-1-9-6-20-7-15-9/h3-4,6-7,16-17H,1-2,5H2. The fourth-order valence-electron chi connectivity index (χ4n) is 1.65. The number of nitrogens with one attached hydrogen (secondary N) is 1. The van der Waals surface area contributed by atoms with Crippen molar-refractivity contribution in [3.63, 3.8) is 0 Å². The number of thiazole rings is 1. The molecule has 9 heteroatoms. The van der Waals surface area contributed by atoms with Gasteiger partial charge in [0.05, 0.1) is 22.8 Å². The average Bonchev–Trinajstić information content (AvgIpc) is 2.91. The molecule has 5 nitrogen and oxygen atoms in total. The van der Waals surface area contributed by atoms with Crippen molar-refractivity contribution in [3.8, 4) is 0 Å². The molecular formula is C12H12Cl2N2O3S2. The molecule has 0 amide bonds. The minimum Gasteiger partial charge on any atom is -0.392 e. The second kappa shape index (κ2) is 7.04. The van der Waals surface area contributed by atoms with Gasteiger partial charge in [-0.2, -0.15) is 0 Å². The van der Waals surface area contributed by atoms with Gasteiger partial charge in [-0.15, -0.1) is 11.3 Å². The van der Waals surface area contributed by atoms with Crippen LogP contribution in [-0.2, 0) is 23.1 Å². The number of aliphatic hydroxyl groups excluding tert-OH is 1. The maximum Gasteiger partial charge on any atom is 0.242 e. The Balaban J connectivity index is 2.15. The molecule has 0 fully saturated rings. The lowest BCUT2D eigenvalue weighted by Gasteiger charge is -2.10. The first-order valence-corrected chi connectivity index (χ1v) is 9.07. The lowest BCUT2D eigenvalue weighted by molar-refractivity contribution is 0.281. The number of aliphatic hydroxyl groups is 1. The SMILES string of the molecule is O=S(=O)(NCCc1cscn1)c1cc(CO)c(Cl)cc1Cl. The summed E-state index contributed by atoms with van der Waals surface area (Å²) in [4.78, 5) is 3.97. The molecule has 2 rings (SSSR count). The van der Waals surface area contributed by atoms with Gasteiger partial charge in [-0.05, 0) is 17.7 Å². The van der Waals surface area contributed by atoms with E-state index in [2.05, 4.69) is 9.71 Å². The Bertz CT molecular complexity index is 718. The zero-order valence-electron chi connectivity index (χ0n) is 10.7. The van der Waals surface area contributed by atoms with Gasteiger partial charge in [-0.1, -0.05) is 23.2 Å². The predicted octanol–water partition coefficient (Wildman–Crippen LogP) is 2.46. The van der Waals surface area contributed by atoms with Crippen molar-refractivity contribution >= 4 is 44.6 Å². The third-order valence-corrected chi connectivity index (χ3v) is 5.63. The molecule has 1 heterocycles. The predicted molar refractivity (Wildman–Crippen MR) is 83.4 cm³/mol. The van der Waals surface area contributed by atoms with E-state index < -0.39 is 10.0 Å². The van der Waals surface area contributed by atoms with E-state index in [9.17, 15) is 8.42 Å². The maximum atomic E-state index is 12.2. The van der Waals surface area contributed by atoms with Crippen molar-refractivity contribution in [2.24, 2.45) is 0 Å². The number of nitrogens with zero attached hydrogens (tertiary/aromatic N) is 1. The van der Waals surface area contributed by atoms with E-state index in [4.69, 9.17) is 28.3 Å². The van der Waals surface area contributed by atoms with Crippen LogP contribution in [0, 0.1) is 0 Å². The van der Waals surface area contributed by atoms with Gasteiger partial charge < -0.3 is 5.11 Å². The average molecular weight is 367 g/mol. The Morgan fingerprint density at radius 3 is 2.67 bits per heavy atom. The molecule has 0 atom stereocenters. The zero-order chi connectivity index (χ0) is 15.5. The third-order valence-electron chi connectivity index (χ3n) is 2.72. The molecule has 2 N–H and O–H groups in total. The van der Waals surface area contributed by atoms with Gasteiger partial charge in [0.2, 0.25) is 10.0 Å². The van der Waals surface area contributed by atoms with Crippen molar-refractivity contribution in [2.45, 2.75) is 17.9 Å². The Morgan fingerprint density at radius 1 is 1.29 bits per heavy atom. The van der Waals surface area contributed by atoms with Crippen LogP contribution in [-0.4, -0.2) is 25.1 Å². The Morgan fingerprint density at radius 2 is 2.05 bits per heavy atom. The Hall–Kier alpha value is -0.700. The molecule has 0 aliphatic carbocycles. The first kappa shape index (κ1) is 16.7. The van der Waals surface area contributed by atoms with E-state index >= 15 is 0 Å². The first-order chi connectivity index (χ1) is 9.94. The van der Waals surface area contributed by atoms with E-state index in [1.807, 2.05) is 5.38 Å². The van der Waals surface area contributed by atoms with Crippen molar-refractivity contribution in [2.75, 3.05) is 6.54 Å². The minimum atomic E-state index is -3.77. The number of aromatic nitrogens is 1. The smallest absolute Gasteiger partial charge is 0.242 e. The summed E-state index contributed by atoms with van der Waals surface area (Å²) in [5, 5.41) is 11.2. The maximum absolute atomic E-state index is 12.2. The quantitative estimate of drug-likeness (QED) is 0.822. The largest absolute Gasteiger partial charge is 0.392 e. The first-order valence-electron chi connectivity index (χ1n) is 5.89. The third kappa shape index (κ3) is 4.15. The Kier molecular flexibility index (Phi) is 5.59. The van der Waals surface area contributed by atoms with Crippen LogP contribution in [0.3, 0.4) is 0 Å². The summed E-state index contributed by atoms with van der Waals surface area (Å²) in [6.07, 6.45) is 0.487. The second-order valence-corrected chi connectivity index (χ2v) is 7.43. The highest BCUT2D eigenvalue weighted by molar-refractivity contribution is 7.89. The Labute approximate surface area is 136 Å². The number of hydrogen-bond acceptors (Lipinski definition) is 5.